The number of carbonyl (C=O) groups excluding carboxylic acids is 2. The first-order valence-corrected chi connectivity index (χ1v) is 6.78. The van der Waals surface area contributed by atoms with Gasteiger partial charge in [0, 0.05) is 23.7 Å². The maximum atomic E-state index is 12.1. The standard InChI is InChI=1S/C15H20N2O4/c1-4-13(18)17-12-7-5-6-11(8-12)14(19)16-10(3)9(2)15(20)21/h5-10H,4H2,1-3H3,(H,16,19)(H,17,18)(H,20,21). The Balaban J connectivity index is 2.76. The second kappa shape index (κ2) is 7.42. The van der Waals surface area contributed by atoms with Crippen LogP contribution in [0.5, 0.6) is 0 Å². The molecule has 0 heterocycles. The molecule has 2 atom stereocenters. The van der Waals surface area contributed by atoms with E-state index in [2.05, 4.69) is 10.6 Å². The van der Waals surface area contributed by atoms with Crippen LogP contribution in [0.15, 0.2) is 24.3 Å². The highest BCUT2D eigenvalue weighted by atomic mass is 16.4. The minimum Gasteiger partial charge on any atom is -0.481 e. The van der Waals surface area contributed by atoms with Crippen LogP contribution in [0.25, 0.3) is 0 Å². The van der Waals surface area contributed by atoms with Gasteiger partial charge in [-0.3, -0.25) is 14.4 Å². The van der Waals surface area contributed by atoms with Gasteiger partial charge in [0.25, 0.3) is 5.91 Å². The van der Waals surface area contributed by atoms with E-state index in [0.717, 1.165) is 0 Å². The van der Waals surface area contributed by atoms with E-state index in [9.17, 15) is 14.4 Å². The smallest absolute Gasteiger partial charge is 0.308 e. The Labute approximate surface area is 123 Å². The number of nitrogens with one attached hydrogen (secondary N) is 2. The van der Waals surface area contributed by atoms with Crippen molar-refractivity contribution in [2.24, 2.45) is 5.92 Å². The van der Waals surface area contributed by atoms with Crippen molar-refractivity contribution in [3.05, 3.63) is 29.8 Å². The summed E-state index contributed by atoms with van der Waals surface area (Å²) in [4.78, 5) is 34.3. The number of hydrogen-bond acceptors (Lipinski definition) is 3. The first-order valence-electron chi connectivity index (χ1n) is 6.78. The number of carboxylic acid groups (broad SMARTS) is 1. The van der Waals surface area contributed by atoms with Gasteiger partial charge in [0.2, 0.25) is 5.91 Å². The van der Waals surface area contributed by atoms with Gasteiger partial charge < -0.3 is 15.7 Å². The lowest BCUT2D eigenvalue weighted by atomic mass is 10.0. The van der Waals surface area contributed by atoms with Crippen molar-refractivity contribution in [3.8, 4) is 0 Å². The van der Waals surface area contributed by atoms with Gasteiger partial charge in [-0.15, -0.1) is 0 Å². The van der Waals surface area contributed by atoms with Crippen LogP contribution in [-0.2, 0) is 9.59 Å². The zero-order valence-corrected chi connectivity index (χ0v) is 12.3. The number of benzene rings is 1. The van der Waals surface area contributed by atoms with Crippen LogP contribution in [0.2, 0.25) is 0 Å². The lowest BCUT2D eigenvalue weighted by Gasteiger charge is -2.18. The molecule has 6 heteroatoms. The monoisotopic (exact) mass is 292 g/mol. The summed E-state index contributed by atoms with van der Waals surface area (Å²) in [6.45, 7) is 4.91. The van der Waals surface area contributed by atoms with E-state index in [1.54, 1.807) is 38.1 Å². The Morgan fingerprint density at radius 1 is 1.24 bits per heavy atom. The third kappa shape index (κ3) is 4.91. The molecule has 0 bridgehead atoms. The predicted molar refractivity (Wildman–Crippen MR) is 79.1 cm³/mol. The molecule has 21 heavy (non-hydrogen) atoms. The molecule has 1 aromatic carbocycles. The van der Waals surface area contributed by atoms with Gasteiger partial charge in [0.15, 0.2) is 0 Å². The van der Waals surface area contributed by atoms with Crippen LogP contribution in [0.3, 0.4) is 0 Å². The zero-order chi connectivity index (χ0) is 16.0. The third-order valence-electron chi connectivity index (χ3n) is 3.23. The summed E-state index contributed by atoms with van der Waals surface area (Å²) < 4.78 is 0. The number of aliphatic carboxylic acids is 1. The van der Waals surface area contributed by atoms with Crippen molar-refractivity contribution in [2.45, 2.75) is 33.2 Å². The topological polar surface area (TPSA) is 95.5 Å². The molecule has 2 amide bonds. The fraction of sp³-hybridized carbons (Fsp3) is 0.400. The van der Waals surface area contributed by atoms with Gasteiger partial charge in [-0.2, -0.15) is 0 Å². The van der Waals surface area contributed by atoms with Crippen LogP contribution in [0, 0.1) is 5.92 Å². The van der Waals surface area contributed by atoms with Gasteiger partial charge in [-0.25, -0.2) is 0 Å². The molecule has 0 spiro atoms. The van der Waals surface area contributed by atoms with Gasteiger partial charge in [-0.1, -0.05) is 13.0 Å². The summed E-state index contributed by atoms with van der Waals surface area (Å²) in [5, 5.41) is 14.2. The molecular formula is C15H20N2O4. The lowest BCUT2D eigenvalue weighted by molar-refractivity contribution is -0.141. The fourth-order valence-electron chi connectivity index (χ4n) is 1.62. The Morgan fingerprint density at radius 2 is 1.90 bits per heavy atom. The van der Waals surface area contributed by atoms with Gasteiger partial charge in [-0.05, 0) is 32.0 Å². The molecule has 114 valence electrons. The van der Waals surface area contributed by atoms with Crippen LogP contribution in [0.1, 0.15) is 37.6 Å². The highest BCUT2D eigenvalue weighted by molar-refractivity contribution is 5.97. The van der Waals surface area contributed by atoms with Gasteiger partial charge in [0.05, 0.1) is 5.92 Å². The minimum absolute atomic E-state index is 0.138. The number of carboxylic acids is 1. The van der Waals surface area contributed by atoms with Gasteiger partial charge >= 0.3 is 5.97 Å². The Kier molecular flexibility index (Phi) is 5.90. The van der Waals surface area contributed by atoms with E-state index in [1.165, 1.54) is 6.92 Å². The molecule has 0 fully saturated rings. The molecule has 0 aliphatic rings. The van der Waals surface area contributed by atoms with Crippen molar-refractivity contribution >= 4 is 23.5 Å². The average Bonchev–Trinajstić information content (AvgIpc) is 2.46. The molecule has 0 aromatic heterocycles. The number of rotatable bonds is 6. The largest absolute Gasteiger partial charge is 0.481 e. The van der Waals surface area contributed by atoms with E-state index in [1.807, 2.05) is 0 Å². The van der Waals surface area contributed by atoms with E-state index in [0.29, 0.717) is 17.7 Å². The summed E-state index contributed by atoms with van der Waals surface area (Å²) in [7, 11) is 0. The predicted octanol–water partition coefficient (Wildman–Crippen LogP) is 1.87. The highest BCUT2D eigenvalue weighted by Crippen LogP contribution is 2.12. The molecule has 3 N–H and O–H groups in total. The minimum atomic E-state index is -0.966. The normalized spacial score (nSPS) is 13.1. The van der Waals surface area contributed by atoms with E-state index in [4.69, 9.17) is 5.11 Å². The van der Waals surface area contributed by atoms with Crippen molar-refractivity contribution in [3.63, 3.8) is 0 Å². The van der Waals surface area contributed by atoms with Crippen molar-refractivity contribution in [1.82, 2.24) is 5.32 Å². The molecule has 0 aliphatic carbocycles. The van der Waals surface area contributed by atoms with E-state index in [-0.39, 0.29) is 11.8 Å². The molecule has 6 nitrogen and oxygen atoms in total. The summed E-state index contributed by atoms with van der Waals surface area (Å²) in [5.74, 6) is -2.16. The quantitative estimate of drug-likeness (QED) is 0.746. The van der Waals surface area contributed by atoms with E-state index < -0.39 is 17.9 Å². The highest BCUT2D eigenvalue weighted by Gasteiger charge is 2.21. The molecule has 0 radical (unpaired) electrons. The number of anilines is 1. The third-order valence-corrected chi connectivity index (χ3v) is 3.23. The Hall–Kier alpha value is -2.37. The summed E-state index contributed by atoms with van der Waals surface area (Å²) in [5.41, 5.74) is 0.904. The summed E-state index contributed by atoms with van der Waals surface area (Å²) >= 11 is 0. The molecule has 0 saturated carbocycles. The van der Waals surface area contributed by atoms with Crippen molar-refractivity contribution in [2.75, 3.05) is 5.32 Å². The van der Waals surface area contributed by atoms with Crippen molar-refractivity contribution in [1.29, 1.82) is 0 Å². The second-order valence-corrected chi connectivity index (χ2v) is 4.87. The molecule has 0 aliphatic heterocycles. The van der Waals surface area contributed by atoms with Crippen LogP contribution in [-0.4, -0.2) is 28.9 Å². The van der Waals surface area contributed by atoms with Gasteiger partial charge in [0.1, 0.15) is 0 Å². The average molecular weight is 292 g/mol. The summed E-state index contributed by atoms with van der Waals surface area (Å²) in [6, 6.07) is 6.01. The van der Waals surface area contributed by atoms with Crippen molar-refractivity contribution < 1.29 is 19.5 Å². The van der Waals surface area contributed by atoms with Crippen LogP contribution in [0.4, 0.5) is 5.69 Å². The Bertz CT molecular complexity index is 542. The number of hydrogen-bond donors (Lipinski definition) is 3. The molecule has 2 unspecified atom stereocenters. The maximum absolute atomic E-state index is 12.1. The Morgan fingerprint density at radius 3 is 2.48 bits per heavy atom. The maximum Gasteiger partial charge on any atom is 0.308 e. The summed E-state index contributed by atoms with van der Waals surface area (Å²) in [6.07, 6.45) is 0.351. The first kappa shape index (κ1) is 16.7. The molecule has 1 aromatic rings. The zero-order valence-electron chi connectivity index (χ0n) is 12.3. The lowest BCUT2D eigenvalue weighted by Crippen LogP contribution is -2.40. The SMILES string of the molecule is CCC(=O)Nc1cccc(C(=O)NC(C)C(C)C(=O)O)c1. The fourth-order valence-corrected chi connectivity index (χ4v) is 1.62. The molecular weight excluding hydrogens is 272 g/mol. The van der Waals surface area contributed by atoms with Crippen LogP contribution >= 0.6 is 0 Å². The first-order chi connectivity index (χ1) is 9.85. The molecule has 1 rings (SSSR count). The molecule has 0 saturated heterocycles. The number of amides is 2. The number of carbonyl (C=O) groups is 3. The second-order valence-electron chi connectivity index (χ2n) is 4.87. The van der Waals surface area contributed by atoms with E-state index >= 15 is 0 Å². The van der Waals surface area contributed by atoms with Crippen LogP contribution < -0.4 is 10.6 Å².